The van der Waals surface area contributed by atoms with Crippen molar-refractivity contribution in [3.05, 3.63) is 12.7 Å². The summed E-state index contributed by atoms with van der Waals surface area (Å²) in [5.41, 5.74) is -0.487. The van der Waals surface area contributed by atoms with Gasteiger partial charge in [0.05, 0.1) is 15.0 Å². The molecule has 0 saturated heterocycles. The van der Waals surface area contributed by atoms with Gasteiger partial charge in [-0.1, -0.05) is 25.2 Å². The molecule has 0 unspecified atom stereocenters. The number of esters is 1. The lowest BCUT2D eigenvalue weighted by molar-refractivity contribution is -0.144. The summed E-state index contributed by atoms with van der Waals surface area (Å²) in [7, 11) is 6.84. The SMILES string of the molecule is [B]CCCCCN[C@]1(C(=O)OC)C[C@@H]1C=C. The first-order valence-corrected chi connectivity index (χ1v) is 5.87. The highest BCUT2D eigenvalue weighted by atomic mass is 16.5. The van der Waals surface area contributed by atoms with Crippen molar-refractivity contribution < 1.29 is 9.53 Å². The number of nitrogens with one attached hydrogen (secondary N) is 1. The van der Waals surface area contributed by atoms with E-state index < -0.39 is 5.54 Å². The zero-order valence-corrected chi connectivity index (χ0v) is 10.00. The van der Waals surface area contributed by atoms with Crippen molar-refractivity contribution in [2.24, 2.45) is 5.92 Å². The van der Waals surface area contributed by atoms with Gasteiger partial charge in [0.15, 0.2) is 0 Å². The van der Waals surface area contributed by atoms with Crippen LogP contribution >= 0.6 is 0 Å². The molecule has 1 rings (SSSR count). The molecule has 0 bridgehead atoms. The summed E-state index contributed by atoms with van der Waals surface area (Å²) in [6.07, 6.45) is 6.54. The van der Waals surface area contributed by atoms with Gasteiger partial charge in [-0.15, -0.1) is 6.58 Å². The highest BCUT2D eigenvalue weighted by molar-refractivity contribution is 6.08. The lowest BCUT2D eigenvalue weighted by Crippen LogP contribution is -2.42. The number of unbranched alkanes of at least 4 members (excludes halogenated alkanes) is 2. The molecule has 1 N–H and O–H groups in total. The molecule has 3 nitrogen and oxygen atoms in total. The Hall–Kier alpha value is -0.765. The van der Waals surface area contributed by atoms with Crippen molar-refractivity contribution in [3.8, 4) is 0 Å². The number of ether oxygens (including phenoxy) is 1. The van der Waals surface area contributed by atoms with Crippen LogP contribution in [0.2, 0.25) is 6.32 Å². The van der Waals surface area contributed by atoms with E-state index >= 15 is 0 Å². The number of methoxy groups -OCH3 is 1. The zero-order chi connectivity index (χ0) is 12.0. The summed E-state index contributed by atoms with van der Waals surface area (Å²) in [4.78, 5) is 11.6. The summed E-state index contributed by atoms with van der Waals surface area (Å²) in [6, 6.07) is 0. The van der Waals surface area contributed by atoms with E-state index in [2.05, 4.69) is 11.9 Å². The maximum absolute atomic E-state index is 11.6. The lowest BCUT2D eigenvalue weighted by atomic mass is 9.99. The van der Waals surface area contributed by atoms with E-state index in [1.165, 1.54) is 7.11 Å². The highest BCUT2D eigenvalue weighted by Crippen LogP contribution is 2.45. The van der Waals surface area contributed by atoms with Crippen LogP contribution in [-0.4, -0.2) is 33.0 Å². The predicted octanol–water partition coefficient (Wildman–Crippen LogP) is 1.45. The Morgan fingerprint density at radius 3 is 2.88 bits per heavy atom. The quantitative estimate of drug-likeness (QED) is 0.292. The number of rotatable bonds is 8. The molecule has 2 radical (unpaired) electrons. The molecule has 2 atom stereocenters. The maximum Gasteiger partial charge on any atom is 0.326 e. The molecule has 0 aliphatic heterocycles. The number of hydrogen-bond donors (Lipinski definition) is 1. The van der Waals surface area contributed by atoms with Gasteiger partial charge in [-0.25, -0.2) is 0 Å². The fourth-order valence-electron chi connectivity index (χ4n) is 2.02. The number of carbonyl (C=O) groups is 1. The molecule has 16 heavy (non-hydrogen) atoms. The first kappa shape index (κ1) is 13.3. The Morgan fingerprint density at radius 2 is 2.38 bits per heavy atom. The summed E-state index contributed by atoms with van der Waals surface area (Å²) in [5.74, 6) is 0.0469. The number of hydrogen-bond acceptors (Lipinski definition) is 3. The van der Waals surface area contributed by atoms with Crippen molar-refractivity contribution in [2.45, 2.75) is 37.5 Å². The Kier molecular flexibility index (Phi) is 5.06. The van der Waals surface area contributed by atoms with Crippen LogP contribution in [0.15, 0.2) is 12.7 Å². The van der Waals surface area contributed by atoms with Gasteiger partial charge in [-0.2, -0.15) is 0 Å². The van der Waals surface area contributed by atoms with Crippen LogP contribution in [0.1, 0.15) is 25.7 Å². The van der Waals surface area contributed by atoms with Gasteiger partial charge in [-0.05, 0) is 19.4 Å². The fraction of sp³-hybridized carbons (Fsp3) is 0.750. The zero-order valence-electron chi connectivity index (χ0n) is 10.00. The van der Waals surface area contributed by atoms with E-state index in [1.807, 2.05) is 6.08 Å². The first-order valence-electron chi connectivity index (χ1n) is 5.87. The predicted molar refractivity (Wildman–Crippen MR) is 65.5 cm³/mol. The Balaban J connectivity index is 2.31. The summed E-state index contributed by atoms with van der Waals surface area (Å²) in [5, 5.41) is 3.29. The van der Waals surface area contributed by atoms with Crippen LogP contribution < -0.4 is 5.32 Å². The Bertz CT molecular complexity index is 257. The first-order chi connectivity index (χ1) is 7.71. The maximum atomic E-state index is 11.6. The third-order valence-corrected chi connectivity index (χ3v) is 3.17. The lowest BCUT2D eigenvalue weighted by Gasteiger charge is -2.16. The van der Waals surface area contributed by atoms with Gasteiger partial charge in [-0.3, -0.25) is 4.79 Å². The van der Waals surface area contributed by atoms with Crippen molar-refractivity contribution >= 4 is 13.8 Å². The van der Waals surface area contributed by atoms with Crippen LogP contribution in [0.3, 0.4) is 0 Å². The van der Waals surface area contributed by atoms with Gasteiger partial charge in [0.2, 0.25) is 0 Å². The van der Waals surface area contributed by atoms with E-state index in [1.54, 1.807) is 0 Å². The van der Waals surface area contributed by atoms with Crippen molar-refractivity contribution in [1.29, 1.82) is 0 Å². The Morgan fingerprint density at radius 1 is 1.62 bits per heavy atom. The van der Waals surface area contributed by atoms with E-state index in [0.717, 1.165) is 38.5 Å². The van der Waals surface area contributed by atoms with Gasteiger partial charge in [0, 0.05) is 5.92 Å². The van der Waals surface area contributed by atoms with Crippen molar-refractivity contribution in [1.82, 2.24) is 5.32 Å². The molecule has 0 aromatic carbocycles. The summed E-state index contributed by atoms with van der Waals surface area (Å²) < 4.78 is 4.82. The standard InChI is InChI=1S/C12H20BNO2/c1-3-10-9-12(10,11(15)16-2)14-8-6-4-5-7-13/h3,10,14H,1,4-9H2,2H3/t10-,12+/m0/s1. The molecule has 0 amide bonds. The minimum absolute atomic E-state index is 0.170. The molecular weight excluding hydrogens is 201 g/mol. The Labute approximate surface area is 99.0 Å². The minimum atomic E-state index is -0.487. The van der Waals surface area contributed by atoms with Gasteiger partial charge < -0.3 is 10.1 Å². The largest absolute Gasteiger partial charge is 0.468 e. The molecule has 1 aliphatic carbocycles. The molecule has 4 heteroatoms. The van der Waals surface area contributed by atoms with E-state index in [0.29, 0.717) is 0 Å². The molecule has 0 spiro atoms. The summed E-state index contributed by atoms with van der Waals surface area (Å²) >= 11 is 0. The molecule has 0 aromatic rings. The summed E-state index contributed by atoms with van der Waals surface area (Å²) in [6.45, 7) is 4.56. The average molecular weight is 221 g/mol. The molecule has 88 valence electrons. The fourth-order valence-corrected chi connectivity index (χ4v) is 2.02. The molecule has 0 aromatic heterocycles. The second-order valence-corrected chi connectivity index (χ2v) is 4.29. The molecule has 0 heterocycles. The topological polar surface area (TPSA) is 38.3 Å². The van der Waals surface area contributed by atoms with E-state index in [-0.39, 0.29) is 11.9 Å². The van der Waals surface area contributed by atoms with Crippen LogP contribution in [0.25, 0.3) is 0 Å². The van der Waals surface area contributed by atoms with Crippen molar-refractivity contribution in [3.63, 3.8) is 0 Å². The van der Waals surface area contributed by atoms with Crippen LogP contribution in [0, 0.1) is 5.92 Å². The minimum Gasteiger partial charge on any atom is -0.468 e. The van der Waals surface area contributed by atoms with Crippen LogP contribution in [0.4, 0.5) is 0 Å². The van der Waals surface area contributed by atoms with E-state index in [9.17, 15) is 4.79 Å². The van der Waals surface area contributed by atoms with Gasteiger partial charge >= 0.3 is 5.97 Å². The molecule has 1 aliphatic rings. The van der Waals surface area contributed by atoms with E-state index in [4.69, 9.17) is 12.6 Å². The normalized spacial score (nSPS) is 27.4. The van der Waals surface area contributed by atoms with Gasteiger partial charge in [0.1, 0.15) is 5.54 Å². The second-order valence-electron chi connectivity index (χ2n) is 4.29. The van der Waals surface area contributed by atoms with Crippen molar-refractivity contribution in [2.75, 3.05) is 13.7 Å². The van der Waals surface area contributed by atoms with Crippen LogP contribution in [-0.2, 0) is 9.53 Å². The molecule has 1 fully saturated rings. The van der Waals surface area contributed by atoms with Crippen LogP contribution in [0.5, 0.6) is 0 Å². The third-order valence-electron chi connectivity index (χ3n) is 3.17. The third kappa shape index (κ3) is 2.88. The monoisotopic (exact) mass is 221 g/mol. The van der Waals surface area contributed by atoms with Gasteiger partial charge in [0.25, 0.3) is 0 Å². The smallest absolute Gasteiger partial charge is 0.326 e. The molecule has 1 saturated carbocycles. The second kappa shape index (κ2) is 6.09. The highest BCUT2D eigenvalue weighted by Gasteiger charge is 2.59. The average Bonchev–Trinajstić information content (AvgIpc) is 3.03. The molecular formula is C12H20BNO2. The number of carbonyl (C=O) groups excluding carboxylic acids is 1.